The number of amides is 2. The van der Waals surface area contributed by atoms with E-state index in [1.54, 1.807) is 17.0 Å². The van der Waals surface area contributed by atoms with Gasteiger partial charge < -0.3 is 15.0 Å². The highest BCUT2D eigenvalue weighted by molar-refractivity contribution is 6.03. The first-order valence-electron chi connectivity index (χ1n) is 10.1. The van der Waals surface area contributed by atoms with Crippen molar-refractivity contribution in [3.8, 4) is 5.75 Å². The van der Waals surface area contributed by atoms with Gasteiger partial charge in [-0.15, -0.1) is 0 Å². The van der Waals surface area contributed by atoms with Gasteiger partial charge in [0.2, 0.25) is 11.8 Å². The van der Waals surface area contributed by atoms with Crippen molar-refractivity contribution in [1.29, 1.82) is 0 Å². The number of anilines is 1. The van der Waals surface area contributed by atoms with E-state index in [1.807, 2.05) is 44.2 Å². The molecular weight excluding hydrogens is 366 g/mol. The van der Waals surface area contributed by atoms with Crippen molar-refractivity contribution in [1.82, 2.24) is 9.80 Å². The molecule has 1 aliphatic rings. The molecule has 3 rings (SSSR count). The topological polar surface area (TPSA) is 61.9 Å². The first kappa shape index (κ1) is 20.9. The zero-order chi connectivity index (χ0) is 20.6. The lowest BCUT2D eigenvalue weighted by Gasteiger charge is -2.34. The van der Waals surface area contributed by atoms with Crippen LogP contribution in [0.3, 0.4) is 0 Å². The summed E-state index contributed by atoms with van der Waals surface area (Å²) in [6, 6.07) is 17.5. The summed E-state index contributed by atoms with van der Waals surface area (Å²) in [7, 11) is 0. The highest BCUT2D eigenvalue weighted by atomic mass is 16.5. The minimum atomic E-state index is -0.292. The smallest absolute Gasteiger partial charge is 0.233 e. The number of nitrogens with zero attached hydrogens (tertiary/aromatic N) is 2. The second-order valence-electron chi connectivity index (χ2n) is 7.56. The largest absolute Gasteiger partial charge is 0.491 e. The molecule has 154 valence electrons. The maximum Gasteiger partial charge on any atom is 0.233 e. The van der Waals surface area contributed by atoms with E-state index in [2.05, 4.69) is 22.3 Å². The molecule has 6 heteroatoms. The molecule has 0 radical (unpaired) electrons. The molecular formula is C23H29N3O3. The first-order valence-corrected chi connectivity index (χ1v) is 10.1. The van der Waals surface area contributed by atoms with Gasteiger partial charge in [-0.2, -0.15) is 0 Å². The van der Waals surface area contributed by atoms with Gasteiger partial charge in [0.05, 0.1) is 6.10 Å². The second kappa shape index (κ2) is 10.1. The number of carbonyl (C=O) groups excluding carboxylic acids is 2. The van der Waals surface area contributed by atoms with Gasteiger partial charge in [-0.3, -0.25) is 14.5 Å². The van der Waals surface area contributed by atoms with Gasteiger partial charge in [0.25, 0.3) is 0 Å². The standard InChI is InChI=1S/C23H29N3O3/c1-18(2)29-21-10-8-20(9-11-21)24-22(27)16-23(28)26-14-12-25(13-15-26)17-19-6-4-3-5-7-19/h3-11,18H,12-17H2,1-2H3,(H,24,27). The zero-order valence-corrected chi connectivity index (χ0v) is 17.1. The Bertz CT molecular complexity index is 798. The van der Waals surface area contributed by atoms with Gasteiger partial charge in [-0.25, -0.2) is 0 Å². The molecule has 0 unspecified atom stereocenters. The fourth-order valence-corrected chi connectivity index (χ4v) is 3.34. The van der Waals surface area contributed by atoms with Gasteiger partial charge >= 0.3 is 0 Å². The van der Waals surface area contributed by atoms with Crippen LogP contribution in [-0.2, 0) is 16.1 Å². The zero-order valence-electron chi connectivity index (χ0n) is 17.1. The van der Waals surface area contributed by atoms with Crippen molar-refractivity contribution < 1.29 is 14.3 Å². The van der Waals surface area contributed by atoms with Crippen molar-refractivity contribution in [2.75, 3.05) is 31.5 Å². The predicted molar refractivity (Wildman–Crippen MR) is 114 cm³/mol. The van der Waals surface area contributed by atoms with Gasteiger partial charge in [0.15, 0.2) is 0 Å². The van der Waals surface area contributed by atoms with Gasteiger partial charge in [0, 0.05) is 38.4 Å². The van der Waals surface area contributed by atoms with E-state index >= 15 is 0 Å². The molecule has 1 aliphatic heterocycles. The van der Waals surface area contributed by atoms with Crippen molar-refractivity contribution in [3.05, 3.63) is 60.2 Å². The van der Waals surface area contributed by atoms with Crippen LogP contribution in [0.25, 0.3) is 0 Å². The number of ether oxygens (including phenoxy) is 1. The average molecular weight is 396 g/mol. The number of hydrogen-bond donors (Lipinski definition) is 1. The minimum Gasteiger partial charge on any atom is -0.491 e. The molecule has 6 nitrogen and oxygen atoms in total. The first-order chi connectivity index (χ1) is 14.0. The summed E-state index contributed by atoms with van der Waals surface area (Å²) >= 11 is 0. The number of hydrogen-bond acceptors (Lipinski definition) is 4. The van der Waals surface area contributed by atoms with Crippen LogP contribution >= 0.6 is 0 Å². The Kier molecular flexibility index (Phi) is 7.25. The monoisotopic (exact) mass is 395 g/mol. The summed E-state index contributed by atoms with van der Waals surface area (Å²) in [6.45, 7) is 7.75. The van der Waals surface area contributed by atoms with E-state index in [0.29, 0.717) is 18.8 Å². The van der Waals surface area contributed by atoms with E-state index in [4.69, 9.17) is 4.74 Å². The number of carbonyl (C=O) groups is 2. The van der Waals surface area contributed by atoms with E-state index in [1.165, 1.54) is 5.56 Å². The van der Waals surface area contributed by atoms with Crippen LogP contribution in [0.4, 0.5) is 5.69 Å². The average Bonchev–Trinajstić information content (AvgIpc) is 2.70. The molecule has 29 heavy (non-hydrogen) atoms. The van der Waals surface area contributed by atoms with Gasteiger partial charge in [0.1, 0.15) is 12.2 Å². The lowest BCUT2D eigenvalue weighted by Crippen LogP contribution is -2.48. The normalized spacial score (nSPS) is 14.7. The number of nitrogens with one attached hydrogen (secondary N) is 1. The fraction of sp³-hybridized carbons (Fsp3) is 0.391. The molecule has 1 N–H and O–H groups in total. The quantitative estimate of drug-likeness (QED) is 0.732. The SMILES string of the molecule is CC(C)Oc1ccc(NC(=O)CC(=O)N2CCN(Cc3ccccc3)CC2)cc1. The molecule has 0 bridgehead atoms. The van der Waals surface area contributed by atoms with Crippen LogP contribution in [0, 0.1) is 0 Å². The summed E-state index contributed by atoms with van der Waals surface area (Å²) in [4.78, 5) is 28.8. The Labute approximate surface area is 172 Å². The van der Waals surface area contributed by atoms with Crippen molar-refractivity contribution >= 4 is 17.5 Å². The third-order valence-corrected chi connectivity index (χ3v) is 4.80. The number of piperazine rings is 1. The fourth-order valence-electron chi connectivity index (χ4n) is 3.34. The maximum absolute atomic E-state index is 12.5. The van der Waals surface area contributed by atoms with Crippen LogP contribution in [0.1, 0.15) is 25.8 Å². The molecule has 0 spiro atoms. The molecule has 1 saturated heterocycles. The Morgan fingerprint density at radius 2 is 1.62 bits per heavy atom. The lowest BCUT2D eigenvalue weighted by molar-refractivity contribution is -0.136. The molecule has 2 amide bonds. The molecule has 0 aromatic heterocycles. The molecule has 1 heterocycles. The Hall–Kier alpha value is -2.86. The van der Waals surface area contributed by atoms with E-state index in [9.17, 15) is 9.59 Å². The van der Waals surface area contributed by atoms with Crippen molar-refractivity contribution in [2.45, 2.75) is 32.9 Å². The van der Waals surface area contributed by atoms with Crippen LogP contribution in [0.15, 0.2) is 54.6 Å². The molecule has 0 saturated carbocycles. The molecule has 0 atom stereocenters. The van der Waals surface area contributed by atoms with Crippen LogP contribution < -0.4 is 10.1 Å². The summed E-state index contributed by atoms with van der Waals surface area (Å²) in [5.74, 6) is 0.336. The second-order valence-corrected chi connectivity index (χ2v) is 7.56. The van der Waals surface area contributed by atoms with Crippen LogP contribution in [0.2, 0.25) is 0 Å². The molecule has 0 aliphatic carbocycles. The highest BCUT2D eigenvalue weighted by Gasteiger charge is 2.22. The Morgan fingerprint density at radius 3 is 2.24 bits per heavy atom. The third-order valence-electron chi connectivity index (χ3n) is 4.80. The number of rotatable bonds is 7. The highest BCUT2D eigenvalue weighted by Crippen LogP contribution is 2.17. The maximum atomic E-state index is 12.5. The third kappa shape index (κ3) is 6.61. The van der Waals surface area contributed by atoms with E-state index in [-0.39, 0.29) is 24.3 Å². The van der Waals surface area contributed by atoms with Gasteiger partial charge in [-0.05, 0) is 43.7 Å². The summed E-state index contributed by atoms with van der Waals surface area (Å²) < 4.78 is 5.59. The van der Waals surface area contributed by atoms with Crippen LogP contribution in [-0.4, -0.2) is 53.9 Å². The summed E-state index contributed by atoms with van der Waals surface area (Å²) in [5, 5.41) is 2.78. The molecule has 1 fully saturated rings. The lowest BCUT2D eigenvalue weighted by atomic mass is 10.2. The van der Waals surface area contributed by atoms with Gasteiger partial charge in [-0.1, -0.05) is 30.3 Å². The minimum absolute atomic E-state index is 0.0984. The van der Waals surface area contributed by atoms with Crippen molar-refractivity contribution in [2.24, 2.45) is 0 Å². The number of benzene rings is 2. The summed E-state index contributed by atoms with van der Waals surface area (Å²) in [5.41, 5.74) is 1.93. The van der Waals surface area contributed by atoms with Crippen LogP contribution in [0.5, 0.6) is 5.75 Å². The van der Waals surface area contributed by atoms with E-state index < -0.39 is 0 Å². The molecule has 2 aromatic rings. The Balaban J connectivity index is 1.41. The van der Waals surface area contributed by atoms with E-state index in [0.717, 1.165) is 25.4 Å². The molecule has 2 aromatic carbocycles. The summed E-state index contributed by atoms with van der Waals surface area (Å²) in [6.07, 6.45) is -0.0376. The van der Waals surface area contributed by atoms with Crippen molar-refractivity contribution in [3.63, 3.8) is 0 Å². The predicted octanol–water partition coefficient (Wildman–Crippen LogP) is 3.15. The Morgan fingerprint density at radius 1 is 0.966 bits per heavy atom.